The van der Waals surface area contributed by atoms with E-state index in [1.54, 1.807) is 0 Å². The molecule has 0 radical (unpaired) electrons. The van der Waals surface area contributed by atoms with Crippen LogP contribution in [0.3, 0.4) is 0 Å². The molecule has 6 N–H and O–H groups in total. The van der Waals surface area contributed by atoms with Gasteiger partial charge >= 0.3 is 11.9 Å². The molecule has 6 heterocycles. The highest BCUT2D eigenvalue weighted by molar-refractivity contribution is 5.90. The molecule has 2 aromatic rings. The fourth-order valence-electron chi connectivity index (χ4n) is 4.61. The van der Waals surface area contributed by atoms with E-state index in [2.05, 4.69) is 0 Å². The summed E-state index contributed by atoms with van der Waals surface area (Å²) >= 11 is 0. The predicted octanol–water partition coefficient (Wildman–Crippen LogP) is -1.90. The molecule has 2 fully saturated rings. The van der Waals surface area contributed by atoms with Gasteiger partial charge < -0.3 is 63.8 Å². The van der Waals surface area contributed by atoms with Crippen LogP contribution in [0.2, 0.25) is 0 Å². The molecule has 6 aliphatic heterocycles. The molecule has 228 valence electrons. The Morgan fingerprint density at radius 3 is 1.69 bits per heavy atom. The lowest BCUT2D eigenvalue weighted by Gasteiger charge is -2.40. The van der Waals surface area contributed by atoms with E-state index in [4.69, 9.17) is 33.2 Å². The van der Waals surface area contributed by atoms with E-state index in [1.807, 2.05) is 0 Å². The Morgan fingerprint density at radius 2 is 1.14 bits per heavy atom. The largest absolute Gasteiger partial charge is 0.493 e. The lowest BCUT2D eigenvalue weighted by molar-refractivity contribution is -0.277. The number of methoxy groups -OCH3 is 1. The number of esters is 2. The van der Waals surface area contributed by atoms with Gasteiger partial charge in [-0.1, -0.05) is 0 Å². The van der Waals surface area contributed by atoms with Crippen molar-refractivity contribution in [1.29, 1.82) is 0 Å². The normalized spacial score (nSPS) is 35.5. The molecule has 0 saturated carbocycles. The number of aliphatic hydroxyl groups is 6. The zero-order valence-corrected chi connectivity index (χ0v) is 22.1. The molecule has 8 bridgehead atoms. The van der Waals surface area contributed by atoms with Crippen molar-refractivity contribution in [2.45, 2.75) is 61.4 Å². The van der Waals surface area contributed by atoms with Gasteiger partial charge in [0.25, 0.3) is 0 Å². The van der Waals surface area contributed by atoms with Gasteiger partial charge in [0.1, 0.15) is 67.8 Å². The van der Waals surface area contributed by atoms with Crippen LogP contribution in [0.4, 0.5) is 0 Å². The number of hydrogen-bond acceptors (Lipinski definition) is 15. The molecule has 2 saturated heterocycles. The molecule has 0 aliphatic carbocycles. The highest BCUT2D eigenvalue weighted by atomic mass is 16.7. The molecule has 42 heavy (non-hydrogen) atoms. The number of hydrogen-bond donors (Lipinski definition) is 6. The maximum Gasteiger partial charge on any atom is 0.338 e. The third-order valence-corrected chi connectivity index (χ3v) is 7.08. The summed E-state index contributed by atoms with van der Waals surface area (Å²) in [5.41, 5.74) is 0.0591. The first-order valence-corrected chi connectivity index (χ1v) is 12.9. The first kappa shape index (κ1) is 29.9. The van der Waals surface area contributed by atoms with E-state index in [0.717, 1.165) is 0 Å². The summed E-state index contributed by atoms with van der Waals surface area (Å²) in [4.78, 5) is 25.4. The van der Waals surface area contributed by atoms with Crippen molar-refractivity contribution < 1.29 is 73.4 Å². The second-order valence-corrected chi connectivity index (χ2v) is 9.85. The zero-order chi connectivity index (χ0) is 30.1. The third-order valence-electron chi connectivity index (χ3n) is 7.08. The average molecular weight is 595 g/mol. The van der Waals surface area contributed by atoms with Crippen LogP contribution >= 0.6 is 0 Å². The molecule has 0 amide bonds. The van der Waals surface area contributed by atoms with Crippen LogP contribution < -0.4 is 14.2 Å². The Bertz CT molecular complexity index is 1270. The summed E-state index contributed by atoms with van der Waals surface area (Å²) in [6, 6.07) is 9.26. The minimum atomic E-state index is -1.72. The number of benzene rings is 2. The maximum atomic E-state index is 12.8. The summed E-state index contributed by atoms with van der Waals surface area (Å²) in [5, 5.41) is 62.4. The van der Waals surface area contributed by atoms with Gasteiger partial charge in [-0.15, -0.1) is 0 Å². The van der Waals surface area contributed by atoms with E-state index in [0.29, 0.717) is 0 Å². The molecule has 6 aliphatic rings. The van der Waals surface area contributed by atoms with Crippen molar-refractivity contribution in [1.82, 2.24) is 0 Å². The molecule has 0 unspecified atom stereocenters. The minimum Gasteiger partial charge on any atom is -0.493 e. The second-order valence-electron chi connectivity index (χ2n) is 9.85. The molecular weight excluding hydrogens is 564 g/mol. The van der Waals surface area contributed by atoms with E-state index in [1.165, 1.54) is 49.6 Å². The van der Waals surface area contributed by atoms with Gasteiger partial charge in [-0.2, -0.15) is 0 Å². The molecule has 2 aromatic carbocycles. The van der Waals surface area contributed by atoms with E-state index in [-0.39, 0.29) is 28.4 Å². The van der Waals surface area contributed by atoms with Crippen LogP contribution in [0, 0.1) is 0 Å². The summed E-state index contributed by atoms with van der Waals surface area (Å²) < 4.78 is 38.3. The fraction of sp³-hybridized carbons (Fsp3) is 0.481. The summed E-state index contributed by atoms with van der Waals surface area (Å²) in [7, 11) is 1.28. The van der Waals surface area contributed by atoms with Gasteiger partial charge in [0, 0.05) is 0 Å². The Labute approximate surface area is 238 Å². The lowest BCUT2D eigenvalue weighted by Crippen LogP contribution is -2.60. The second kappa shape index (κ2) is 12.4. The van der Waals surface area contributed by atoms with Crippen molar-refractivity contribution in [3.8, 4) is 17.2 Å². The van der Waals surface area contributed by atoms with Crippen molar-refractivity contribution in [2.75, 3.05) is 20.3 Å². The third kappa shape index (κ3) is 5.99. The monoisotopic (exact) mass is 594 g/mol. The quantitative estimate of drug-likeness (QED) is 0.199. The topological polar surface area (TPSA) is 220 Å². The van der Waals surface area contributed by atoms with E-state index < -0.39 is 86.6 Å². The number of carbonyl (C=O) groups excluding carboxylic acids is 2. The summed E-state index contributed by atoms with van der Waals surface area (Å²) in [5.74, 6) is -1.56. The van der Waals surface area contributed by atoms with Crippen molar-refractivity contribution in [3.05, 3.63) is 53.6 Å². The van der Waals surface area contributed by atoms with Crippen LogP contribution in [-0.2, 0) is 18.9 Å². The van der Waals surface area contributed by atoms with Gasteiger partial charge in [-0.25, -0.2) is 9.59 Å². The number of ether oxygens (including phenoxy) is 7. The lowest BCUT2D eigenvalue weighted by atomic mass is 9.99. The van der Waals surface area contributed by atoms with Gasteiger partial charge in [0.2, 0.25) is 12.6 Å². The summed E-state index contributed by atoms with van der Waals surface area (Å²) in [6.07, 6.45) is -15.6. The first-order valence-electron chi connectivity index (χ1n) is 12.9. The molecule has 15 heteroatoms. The van der Waals surface area contributed by atoms with Crippen LogP contribution in [0.1, 0.15) is 20.7 Å². The molecular formula is C27H30O15. The zero-order valence-electron chi connectivity index (χ0n) is 22.1. The smallest absolute Gasteiger partial charge is 0.338 e. The van der Waals surface area contributed by atoms with Crippen molar-refractivity contribution in [3.63, 3.8) is 0 Å². The first-order chi connectivity index (χ1) is 20.1. The fourth-order valence-corrected chi connectivity index (χ4v) is 4.61. The Kier molecular flexibility index (Phi) is 8.81. The summed E-state index contributed by atoms with van der Waals surface area (Å²) in [6.45, 7) is -1.05. The van der Waals surface area contributed by atoms with Gasteiger partial charge in [-0.3, -0.25) is 0 Å². The van der Waals surface area contributed by atoms with Gasteiger partial charge in [0.05, 0.1) is 18.2 Å². The predicted molar refractivity (Wildman–Crippen MR) is 135 cm³/mol. The Hall–Kier alpha value is -3.54. The van der Waals surface area contributed by atoms with Gasteiger partial charge in [0.15, 0.2) is 11.5 Å². The molecule has 8 rings (SSSR count). The Balaban J connectivity index is 1.45. The number of aliphatic hydroxyl groups excluding tert-OH is 6. The highest BCUT2D eigenvalue weighted by Crippen LogP contribution is 2.33. The van der Waals surface area contributed by atoms with E-state index >= 15 is 0 Å². The molecule has 0 spiro atoms. The van der Waals surface area contributed by atoms with Crippen molar-refractivity contribution in [2.24, 2.45) is 0 Å². The molecule has 15 nitrogen and oxygen atoms in total. The molecule has 0 aromatic heterocycles. The van der Waals surface area contributed by atoms with E-state index in [9.17, 15) is 40.2 Å². The highest BCUT2D eigenvalue weighted by Gasteiger charge is 2.47. The van der Waals surface area contributed by atoms with Crippen molar-refractivity contribution >= 4 is 11.9 Å². The minimum absolute atomic E-state index is 0.00882. The number of rotatable bonds is 1. The van der Waals surface area contributed by atoms with Crippen LogP contribution in [0.5, 0.6) is 17.2 Å². The van der Waals surface area contributed by atoms with Crippen LogP contribution in [0.15, 0.2) is 42.5 Å². The molecule has 10 atom stereocenters. The van der Waals surface area contributed by atoms with Gasteiger partial charge in [-0.05, 0) is 42.5 Å². The Morgan fingerprint density at radius 1 is 0.643 bits per heavy atom. The van der Waals surface area contributed by atoms with Crippen LogP contribution in [-0.4, -0.2) is 124 Å². The SMILES string of the molecule is COc1cc2ccc1O[C@@H]1O[C@H](COC(=O)c3ccc(cc3)O[C@@H]3O[C@H](COC2=O)[C@@H](O)[C@H](O)[C@H]3O)[C@@H](O)[C@H](O)[C@H]1O. The number of carbonyl (C=O) groups is 2. The maximum absolute atomic E-state index is 12.8. The average Bonchev–Trinajstić information content (AvgIpc) is 3.00. The standard InChI is InChI=1S/C27H30O15/c1-36-15-8-12-4-7-14(15)40-27-23(33)21(31)19(29)17(42-27)9-37-24(34)11-2-5-13(6-3-11)39-26-22(32)20(30)18(28)16(41-26)10-38-25(12)35/h2-8,16-23,26-33H,9-10H2,1H3/t16-,17-,18-,19-,20+,21+,22-,23-,26-,27-/m1/s1. The van der Waals surface area contributed by atoms with Crippen LogP contribution in [0.25, 0.3) is 0 Å².